The molecule has 0 aromatic heterocycles. The fraction of sp³-hybridized carbons (Fsp3) is 0.765. The summed E-state index contributed by atoms with van der Waals surface area (Å²) in [6, 6.07) is 0. The summed E-state index contributed by atoms with van der Waals surface area (Å²) in [7, 11) is 0. The summed E-state index contributed by atoms with van der Waals surface area (Å²) in [5.74, 6) is 0. The van der Waals surface area contributed by atoms with Crippen LogP contribution in [0.15, 0.2) is 19.8 Å². The third-order valence-corrected chi connectivity index (χ3v) is 17.2. The summed E-state index contributed by atoms with van der Waals surface area (Å²) in [5, 5.41) is 0. The van der Waals surface area contributed by atoms with Crippen molar-refractivity contribution < 1.29 is 28.1 Å². The van der Waals surface area contributed by atoms with E-state index in [2.05, 4.69) is 30.6 Å². The Morgan fingerprint density at radius 2 is 1.38 bits per heavy atom. The summed E-state index contributed by atoms with van der Waals surface area (Å²) in [6.45, 7) is 9.26. The summed E-state index contributed by atoms with van der Waals surface area (Å²) in [4.78, 5) is 0. The van der Waals surface area contributed by atoms with Crippen LogP contribution < -0.4 is 9.78 Å². The molecule has 0 bridgehead atoms. The van der Waals surface area contributed by atoms with E-state index in [1.165, 1.54) is 0 Å². The van der Waals surface area contributed by atoms with E-state index in [1.54, 1.807) is 6.08 Å². The Labute approximate surface area is 157 Å². The first-order valence-corrected chi connectivity index (χ1v) is 17.5. The molecule has 0 aromatic rings. The minimum absolute atomic E-state index is 0.440. The van der Waals surface area contributed by atoms with Crippen LogP contribution in [0.5, 0.6) is 0 Å². The summed E-state index contributed by atoms with van der Waals surface area (Å²) < 4.78 is 40.2. The summed E-state index contributed by atoms with van der Waals surface area (Å²) in [5.41, 5.74) is 0. The van der Waals surface area contributed by atoms with Gasteiger partial charge in [-0.1, -0.05) is 0 Å². The standard InChI is InChI=1S/C5H5F2Ge.3C4H10N.Zr/c6-8(7)5-3-1-2-4-5;3*1-2-3-4-5;/h1,3,8H,2H2;3*5H,2-4H2,1H3;/q;3*-1;+3. The zero-order chi connectivity index (χ0) is 17.8. The molecule has 1 aliphatic rings. The second kappa shape index (κ2) is 12.9. The Morgan fingerprint density at radius 1 is 0.917 bits per heavy atom. The van der Waals surface area contributed by atoms with Crippen LogP contribution in [0.25, 0.3) is 0 Å². The van der Waals surface area contributed by atoms with Gasteiger partial charge in [-0.05, 0) is 0 Å². The van der Waals surface area contributed by atoms with Crippen molar-refractivity contribution in [2.24, 2.45) is 0 Å². The third-order valence-electron chi connectivity index (χ3n) is 4.42. The first kappa shape index (κ1) is 22.7. The Balaban J connectivity index is 3.04. The maximum atomic E-state index is 13.7. The first-order valence-electron chi connectivity index (χ1n) is 9.54. The molecule has 0 amide bonds. The molecule has 0 aliphatic heterocycles. The monoisotopic (exact) mass is 483 g/mol. The van der Waals surface area contributed by atoms with Crippen LogP contribution in [0, 0.1) is 0 Å². The van der Waals surface area contributed by atoms with E-state index >= 15 is 0 Å². The van der Waals surface area contributed by atoms with Crippen molar-refractivity contribution in [1.82, 2.24) is 9.78 Å². The number of hydrogen-bond donors (Lipinski definition) is 3. The van der Waals surface area contributed by atoms with Gasteiger partial charge in [0.1, 0.15) is 0 Å². The van der Waals surface area contributed by atoms with Crippen LogP contribution in [-0.2, 0) is 21.1 Å². The van der Waals surface area contributed by atoms with Crippen molar-refractivity contribution in [2.75, 3.05) is 19.6 Å². The Bertz CT molecular complexity index is 390. The van der Waals surface area contributed by atoms with Gasteiger partial charge in [0.25, 0.3) is 0 Å². The van der Waals surface area contributed by atoms with Crippen LogP contribution in [0.1, 0.15) is 65.7 Å². The average molecular weight is 483 g/mol. The second-order valence-corrected chi connectivity index (χ2v) is 16.8. The molecule has 0 fully saturated rings. The molecule has 1 rings (SSSR count). The maximum absolute atomic E-state index is 13.7. The van der Waals surface area contributed by atoms with Gasteiger partial charge < -0.3 is 0 Å². The van der Waals surface area contributed by atoms with Gasteiger partial charge in [-0.2, -0.15) is 0 Å². The molecule has 0 unspecified atom stereocenters. The molecule has 3 N–H and O–H groups in total. The molecule has 0 saturated carbocycles. The van der Waals surface area contributed by atoms with Gasteiger partial charge in [0.2, 0.25) is 0 Å². The third kappa shape index (κ3) is 7.10. The van der Waals surface area contributed by atoms with Crippen LogP contribution in [0.3, 0.4) is 0 Å². The average Bonchev–Trinajstić information content (AvgIpc) is 3.05. The van der Waals surface area contributed by atoms with Gasteiger partial charge in [0, 0.05) is 0 Å². The molecule has 0 spiro atoms. The van der Waals surface area contributed by atoms with Crippen molar-refractivity contribution in [3.8, 4) is 0 Å². The van der Waals surface area contributed by atoms with Crippen molar-refractivity contribution in [3.63, 3.8) is 0 Å². The molecule has 0 saturated heterocycles. The molecule has 0 atom stereocenters. The van der Waals surface area contributed by atoms with Gasteiger partial charge in [-0.25, -0.2) is 0 Å². The van der Waals surface area contributed by atoms with Crippen molar-refractivity contribution in [1.29, 1.82) is 0 Å². The summed E-state index contributed by atoms with van der Waals surface area (Å²) >= 11 is -7.65. The SMILES string of the molecule is CCCC[NH][Zr]([NH]CCCC)([NH]CCCC)[C]1=[C]([GeH]([F])[F])C=CC1. The topological polar surface area (TPSA) is 36.1 Å². The number of nitrogens with one attached hydrogen (secondary N) is 3. The molecule has 140 valence electrons. The van der Waals surface area contributed by atoms with Crippen molar-refractivity contribution in [2.45, 2.75) is 65.7 Å². The van der Waals surface area contributed by atoms with Gasteiger partial charge >= 0.3 is 158 Å². The van der Waals surface area contributed by atoms with E-state index in [0.717, 1.165) is 61.4 Å². The van der Waals surface area contributed by atoms with E-state index in [4.69, 9.17) is 0 Å². The molecular weight excluding hydrogens is 448 g/mol. The van der Waals surface area contributed by atoms with Crippen LogP contribution >= 0.6 is 0 Å². The fourth-order valence-electron chi connectivity index (χ4n) is 2.96. The zero-order valence-electron chi connectivity index (χ0n) is 15.6. The molecule has 0 heterocycles. The molecule has 24 heavy (non-hydrogen) atoms. The van der Waals surface area contributed by atoms with E-state index in [-0.39, 0.29) is 0 Å². The Hall–Kier alpha value is 0.646. The number of unbranched alkanes of at least 4 members (excludes halogenated alkanes) is 3. The van der Waals surface area contributed by atoms with Crippen LogP contribution in [-0.4, -0.2) is 34.9 Å². The number of rotatable bonds is 14. The van der Waals surface area contributed by atoms with Gasteiger partial charge in [-0.3, -0.25) is 0 Å². The normalized spacial score (nSPS) is 15.1. The fourth-order valence-corrected chi connectivity index (χ4v) is 17.3. The predicted molar refractivity (Wildman–Crippen MR) is 98.9 cm³/mol. The first-order chi connectivity index (χ1) is 11.6. The zero-order valence-corrected chi connectivity index (χ0v) is 20.4. The molecule has 1 aliphatic carbocycles. The van der Waals surface area contributed by atoms with Gasteiger partial charge in [0.05, 0.1) is 0 Å². The molecule has 0 aromatic carbocycles. The van der Waals surface area contributed by atoms with Crippen LogP contribution in [0.4, 0.5) is 7.00 Å². The number of allylic oxidation sites excluding steroid dienone is 4. The van der Waals surface area contributed by atoms with E-state index in [9.17, 15) is 7.00 Å². The number of hydrogen-bond acceptors (Lipinski definition) is 3. The van der Waals surface area contributed by atoms with E-state index in [1.807, 2.05) is 6.08 Å². The van der Waals surface area contributed by atoms with Crippen molar-refractivity contribution in [3.05, 3.63) is 19.8 Å². The van der Waals surface area contributed by atoms with Gasteiger partial charge in [-0.15, -0.1) is 0 Å². The Kier molecular flexibility index (Phi) is 12.2. The van der Waals surface area contributed by atoms with E-state index in [0.29, 0.717) is 10.8 Å². The van der Waals surface area contributed by atoms with Gasteiger partial charge in [0.15, 0.2) is 0 Å². The molecular formula is C17H35F2GeN3Zr. The molecule has 0 radical (unpaired) electrons. The number of halogens is 2. The minimum atomic E-state index is -4.27. The molecule has 3 nitrogen and oxygen atoms in total. The Morgan fingerprint density at radius 3 is 1.75 bits per heavy atom. The second-order valence-electron chi connectivity index (χ2n) is 6.43. The van der Waals surface area contributed by atoms with Crippen molar-refractivity contribution >= 4 is 15.3 Å². The van der Waals surface area contributed by atoms with Crippen LogP contribution in [0.2, 0.25) is 0 Å². The quantitative estimate of drug-likeness (QED) is 0.259. The predicted octanol–water partition coefficient (Wildman–Crippen LogP) is 3.97. The molecule has 7 heteroatoms. The van der Waals surface area contributed by atoms with E-state index < -0.39 is 36.4 Å². The summed E-state index contributed by atoms with van der Waals surface area (Å²) in [6.07, 6.45) is 11.0.